The number of rotatable bonds is 1. The van der Waals surface area contributed by atoms with E-state index in [2.05, 4.69) is 5.16 Å². The third kappa shape index (κ3) is 1.80. The molecule has 1 aliphatic heterocycles. The summed E-state index contributed by atoms with van der Waals surface area (Å²) < 4.78 is 13.2. The van der Waals surface area contributed by atoms with Crippen molar-refractivity contribution in [3.8, 4) is 0 Å². The van der Waals surface area contributed by atoms with Crippen LogP contribution in [0.1, 0.15) is 16.7 Å². The summed E-state index contributed by atoms with van der Waals surface area (Å²) in [5.41, 5.74) is 3.50. The Morgan fingerprint density at radius 2 is 1.94 bits per heavy atom. The molecule has 0 saturated carbocycles. The lowest BCUT2D eigenvalue weighted by molar-refractivity contribution is 0.126. The molecule has 3 rings (SSSR count). The lowest BCUT2D eigenvalue weighted by atomic mass is 9.97. The van der Waals surface area contributed by atoms with Crippen LogP contribution in [-0.2, 0) is 11.4 Å². The first kappa shape index (κ1) is 10.0. The van der Waals surface area contributed by atoms with Gasteiger partial charge in [-0.25, -0.2) is 4.39 Å². The minimum absolute atomic E-state index is 0.270. The van der Waals surface area contributed by atoms with Crippen LogP contribution in [0.3, 0.4) is 0 Å². The van der Waals surface area contributed by atoms with Crippen molar-refractivity contribution < 1.29 is 9.23 Å². The van der Waals surface area contributed by atoms with Gasteiger partial charge in [-0.3, -0.25) is 0 Å². The van der Waals surface area contributed by atoms with Crippen LogP contribution in [0.15, 0.2) is 53.7 Å². The first-order chi connectivity index (χ1) is 8.34. The molecule has 3 heteroatoms. The van der Waals surface area contributed by atoms with E-state index < -0.39 is 0 Å². The van der Waals surface area contributed by atoms with Gasteiger partial charge in [0.25, 0.3) is 0 Å². The summed E-state index contributed by atoms with van der Waals surface area (Å²) in [6.07, 6.45) is 0. The first-order valence-corrected chi connectivity index (χ1v) is 5.39. The van der Waals surface area contributed by atoms with Gasteiger partial charge in [-0.2, -0.15) is 0 Å². The van der Waals surface area contributed by atoms with E-state index in [9.17, 15) is 4.39 Å². The fraction of sp³-hybridized carbons (Fsp3) is 0.0714. The molecule has 2 aromatic carbocycles. The summed E-state index contributed by atoms with van der Waals surface area (Å²) in [5, 5.41) is 4.03. The number of oxime groups is 1. The highest BCUT2D eigenvalue weighted by molar-refractivity contribution is 6.13. The van der Waals surface area contributed by atoms with Crippen LogP contribution in [0, 0.1) is 5.82 Å². The molecule has 0 fully saturated rings. The Kier molecular flexibility index (Phi) is 2.37. The third-order valence-electron chi connectivity index (χ3n) is 2.75. The van der Waals surface area contributed by atoms with Gasteiger partial charge < -0.3 is 4.84 Å². The second kappa shape index (κ2) is 4.01. The quantitative estimate of drug-likeness (QED) is 0.733. The summed E-state index contributed by atoms with van der Waals surface area (Å²) in [5.74, 6) is -0.270. The third-order valence-corrected chi connectivity index (χ3v) is 2.75. The van der Waals surface area contributed by atoms with Gasteiger partial charge in [0.2, 0.25) is 0 Å². The molecule has 0 aliphatic carbocycles. The van der Waals surface area contributed by atoms with Crippen molar-refractivity contribution in [3.05, 3.63) is 71.0 Å². The van der Waals surface area contributed by atoms with Gasteiger partial charge in [0.15, 0.2) is 0 Å². The molecule has 1 aliphatic rings. The van der Waals surface area contributed by atoms with Crippen molar-refractivity contribution in [1.82, 2.24) is 0 Å². The molecule has 17 heavy (non-hydrogen) atoms. The Morgan fingerprint density at radius 1 is 1.06 bits per heavy atom. The normalized spacial score (nSPS) is 13.6. The highest BCUT2D eigenvalue weighted by atomic mass is 19.1. The molecule has 0 unspecified atom stereocenters. The molecule has 84 valence electrons. The molecule has 0 N–H and O–H groups in total. The summed E-state index contributed by atoms with van der Waals surface area (Å²) in [4.78, 5) is 5.17. The zero-order valence-electron chi connectivity index (χ0n) is 9.06. The number of hydrogen-bond acceptors (Lipinski definition) is 2. The monoisotopic (exact) mass is 227 g/mol. The maximum absolute atomic E-state index is 13.2. The van der Waals surface area contributed by atoms with Crippen LogP contribution in [0.4, 0.5) is 4.39 Å². The number of fused-ring (bicyclic) bond motifs is 1. The molecular weight excluding hydrogens is 217 g/mol. The van der Waals surface area contributed by atoms with Crippen LogP contribution >= 0.6 is 0 Å². The van der Waals surface area contributed by atoms with Gasteiger partial charge in [-0.1, -0.05) is 41.6 Å². The number of benzene rings is 2. The fourth-order valence-electron chi connectivity index (χ4n) is 1.94. The van der Waals surface area contributed by atoms with Crippen LogP contribution in [-0.4, -0.2) is 5.71 Å². The molecule has 0 saturated heterocycles. The van der Waals surface area contributed by atoms with Crippen LogP contribution < -0.4 is 0 Å². The molecular formula is C14H10FNO. The Labute approximate surface area is 98.3 Å². The number of halogens is 1. The van der Waals surface area contributed by atoms with Crippen LogP contribution in [0.25, 0.3) is 0 Å². The summed E-state index contributed by atoms with van der Waals surface area (Å²) in [6, 6.07) is 14.2. The van der Waals surface area contributed by atoms with Gasteiger partial charge in [0.05, 0.1) is 0 Å². The minimum atomic E-state index is -0.270. The predicted molar refractivity (Wildman–Crippen MR) is 63.3 cm³/mol. The Hall–Kier alpha value is -2.16. The van der Waals surface area contributed by atoms with E-state index in [-0.39, 0.29) is 5.82 Å². The highest BCUT2D eigenvalue weighted by Gasteiger charge is 2.16. The molecule has 2 nitrogen and oxygen atoms in total. The van der Waals surface area contributed by atoms with E-state index >= 15 is 0 Å². The lowest BCUT2D eigenvalue weighted by Gasteiger charge is -2.16. The topological polar surface area (TPSA) is 21.6 Å². The zero-order chi connectivity index (χ0) is 11.7. The van der Waals surface area contributed by atoms with Crippen molar-refractivity contribution in [3.63, 3.8) is 0 Å². The number of nitrogens with zero attached hydrogens (tertiary/aromatic N) is 1. The second-order valence-electron chi connectivity index (χ2n) is 3.88. The Morgan fingerprint density at radius 3 is 2.82 bits per heavy atom. The van der Waals surface area contributed by atoms with Crippen molar-refractivity contribution in [1.29, 1.82) is 0 Å². The second-order valence-corrected chi connectivity index (χ2v) is 3.88. The van der Waals surface area contributed by atoms with Gasteiger partial charge in [0.1, 0.15) is 18.1 Å². The van der Waals surface area contributed by atoms with E-state index in [1.165, 1.54) is 12.1 Å². The molecule has 0 atom stereocenters. The van der Waals surface area contributed by atoms with Gasteiger partial charge in [0, 0.05) is 16.7 Å². The average Bonchev–Trinajstić information content (AvgIpc) is 2.38. The molecule has 2 aromatic rings. The highest BCUT2D eigenvalue weighted by Crippen LogP contribution is 2.21. The maximum Gasteiger partial charge on any atom is 0.143 e. The zero-order valence-corrected chi connectivity index (χ0v) is 9.06. The first-order valence-electron chi connectivity index (χ1n) is 5.39. The van der Waals surface area contributed by atoms with Crippen molar-refractivity contribution >= 4 is 5.71 Å². The average molecular weight is 227 g/mol. The van der Waals surface area contributed by atoms with Crippen molar-refractivity contribution in [2.45, 2.75) is 6.61 Å². The molecule has 0 radical (unpaired) electrons. The summed E-state index contributed by atoms with van der Waals surface area (Å²) in [7, 11) is 0. The summed E-state index contributed by atoms with van der Waals surface area (Å²) in [6.45, 7) is 0.467. The van der Waals surface area contributed by atoms with Crippen molar-refractivity contribution in [2.75, 3.05) is 0 Å². The van der Waals surface area contributed by atoms with Crippen molar-refractivity contribution in [2.24, 2.45) is 5.16 Å². The largest absolute Gasteiger partial charge is 0.390 e. The molecule has 0 spiro atoms. The van der Waals surface area contributed by atoms with E-state index in [4.69, 9.17) is 4.84 Å². The molecule has 1 heterocycles. The van der Waals surface area contributed by atoms with E-state index in [0.717, 1.165) is 16.7 Å². The maximum atomic E-state index is 13.2. The SMILES string of the molecule is Fc1cccc(C2=NOCc3ccccc32)c1. The molecule has 0 amide bonds. The minimum Gasteiger partial charge on any atom is -0.390 e. The van der Waals surface area contributed by atoms with E-state index in [1.807, 2.05) is 30.3 Å². The van der Waals surface area contributed by atoms with E-state index in [0.29, 0.717) is 12.3 Å². The standard InChI is InChI=1S/C14H10FNO/c15-12-6-3-5-10(8-12)14-13-7-2-1-4-11(13)9-17-16-14/h1-8H,9H2. The lowest BCUT2D eigenvalue weighted by Crippen LogP contribution is -2.12. The number of hydrogen-bond donors (Lipinski definition) is 0. The van der Waals surface area contributed by atoms with Gasteiger partial charge in [-0.15, -0.1) is 0 Å². The predicted octanol–water partition coefficient (Wildman–Crippen LogP) is 3.11. The van der Waals surface area contributed by atoms with Crippen LogP contribution in [0.2, 0.25) is 0 Å². The smallest absolute Gasteiger partial charge is 0.143 e. The molecule has 0 bridgehead atoms. The van der Waals surface area contributed by atoms with Gasteiger partial charge >= 0.3 is 0 Å². The van der Waals surface area contributed by atoms with Gasteiger partial charge in [-0.05, 0) is 12.1 Å². The summed E-state index contributed by atoms with van der Waals surface area (Å²) >= 11 is 0. The Bertz CT molecular complexity index is 592. The Balaban J connectivity index is 2.13. The molecule has 0 aromatic heterocycles. The van der Waals surface area contributed by atoms with Crippen LogP contribution in [0.5, 0.6) is 0 Å². The fourth-order valence-corrected chi connectivity index (χ4v) is 1.94. The van der Waals surface area contributed by atoms with E-state index in [1.54, 1.807) is 6.07 Å².